The van der Waals surface area contributed by atoms with Gasteiger partial charge < -0.3 is 20.3 Å². The Morgan fingerprint density at radius 1 is 0.351 bits per heavy atom. The van der Waals surface area contributed by atoms with E-state index in [1.165, 1.54) is 321 Å². The van der Waals surface area contributed by atoms with Crippen LogP contribution in [0.5, 0.6) is 0 Å². The highest BCUT2D eigenvalue weighted by Gasteiger charge is 2.20. The van der Waals surface area contributed by atoms with Crippen LogP contribution in [-0.2, 0) is 14.3 Å². The summed E-state index contributed by atoms with van der Waals surface area (Å²) in [5.74, 6) is -0.0150. The Morgan fingerprint density at radius 2 is 0.610 bits per heavy atom. The number of aliphatic hydroxyl groups is 2. The fourth-order valence-corrected chi connectivity index (χ4v) is 11.1. The highest BCUT2D eigenvalue weighted by molar-refractivity contribution is 5.76. The second-order valence-electron chi connectivity index (χ2n) is 24.2. The minimum Gasteiger partial charge on any atom is -0.466 e. The average Bonchev–Trinajstić information content (AvgIpc) is 3.43. The Morgan fingerprint density at radius 3 is 0.922 bits per heavy atom. The number of esters is 1. The molecule has 0 spiro atoms. The topological polar surface area (TPSA) is 95.9 Å². The molecular weight excluding hydrogens is 947 g/mol. The Bertz CT molecular complexity index is 1200. The van der Waals surface area contributed by atoms with Gasteiger partial charge in [-0.3, -0.25) is 9.59 Å². The van der Waals surface area contributed by atoms with Gasteiger partial charge in [-0.15, -0.1) is 0 Å². The van der Waals surface area contributed by atoms with Crippen molar-refractivity contribution >= 4 is 11.9 Å². The second-order valence-corrected chi connectivity index (χ2v) is 24.2. The molecular formula is C71H137NO5. The van der Waals surface area contributed by atoms with Crippen LogP contribution in [0.25, 0.3) is 0 Å². The maximum atomic E-state index is 12.4. The molecule has 0 bridgehead atoms. The maximum absolute atomic E-state index is 12.4. The van der Waals surface area contributed by atoms with Gasteiger partial charge in [-0.05, 0) is 77.0 Å². The van der Waals surface area contributed by atoms with Crippen LogP contribution in [0.15, 0.2) is 24.3 Å². The highest BCUT2D eigenvalue weighted by atomic mass is 16.5. The maximum Gasteiger partial charge on any atom is 0.305 e. The number of rotatable bonds is 66. The first kappa shape index (κ1) is 75.3. The Hall–Kier alpha value is -1.66. The van der Waals surface area contributed by atoms with Crippen molar-refractivity contribution in [3.05, 3.63) is 24.3 Å². The zero-order valence-corrected chi connectivity index (χ0v) is 52.2. The van der Waals surface area contributed by atoms with Gasteiger partial charge in [0.25, 0.3) is 0 Å². The van der Waals surface area contributed by atoms with E-state index in [0.29, 0.717) is 25.9 Å². The number of carbonyl (C=O) groups excluding carboxylic acids is 2. The number of allylic oxidation sites excluding steroid dienone is 4. The predicted molar refractivity (Wildman–Crippen MR) is 338 cm³/mol. The number of ether oxygens (including phenoxy) is 1. The summed E-state index contributed by atoms with van der Waals surface area (Å²) in [7, 11) is 0. The lowest BCUT2D eigenvalue weighted by Crippen LogP contribution is -2.45. The third-order valence-electron chi connectivity index (χ3n) is 16.5. The van der Waals surface area contributed by atoms with Crippen molar-refractivity contribution in [1.82, 2.24) is 5.32 Å². The third-order valence-corrected chi connectivity index (χ3v) is 16.5. The van der Waals surface area contributed by atoms with E-state index in [9.17, 15) is 19.8 Å². The van der Waals surface area contributed by atoms with Gasteiger partial charge in [0.1, 0.15) is 0 Å². The van der Waals surface area contributed by atoms with Crippen molar-refractivity contribution in [1.29, 1.82) is 0 Å². The van der Waals surface area contributed by atoms with Crippen molar-refractivity contribution in [3.63, 3.8) is 0 Å². The van der Waals surface area contributed by atoms with Crippen molar-refractivity contribution in [2.75, 3.05) is 13.2 Å². The molecule has 0 aromatic rings. The first-order chi connectivity index (χ1) is 38.0. The van der Waals surface area contributed by atoms with Crippen molar-refractivity contribution < 1.29 is 24.5 Å². The molecule has 77 heavy (non-hydrogen) atoms. The smallest absolute Gasteiger partial charge is 0.305 e. The van der Waals surface area contributed by atoms with Crippen molar-refractivity contribution in [2.24, 2.45) is 0 Å². The molecule has 0 aromatic carbocycles. The number of hydrogen-bond acceptors (Lipinski definition) is 5. The molecule has 2 unspecified atom stereocenters. The van der Waals surface area contributed by atoms with Gasteiger partial charge in [-0.2, -0.15) is 0 Å². The molecule has 0 rings (SSSR count). The highest BCUT2D eigenvalue weighted by Crippen LogP contribution is 2.18. The lowest BCUT2D eigenvalue weighted by Gasteiger charge is -2.22. The SMILES string of the molecule is CCCCCCCC/C=C\CCCCCCCCCCCC(=O)OCCCCCCCCCCCCCC/C=C\CCCCCCCCCCCCCCCCCC(=O)NC(CO)C(O)CCCCCCCCCCCC. The summed E-state index contributed by atoms with van der Waals surface area (Å²) < 4.78 is 5.51. The number of unbranched alkanes of at least 4 members (excludes halogenated alkanes) is 51. The zero-order chi connectivity index (χ0) is 55.7. The standard InChI is InChI=1S/C71H137NO5/c1-3-5-7-9-11-13-15-16-17-18-32-36-39-42-45-49-53-57-61-65-71(76)77-66-62-58-54-50-46-43-40-37-34-31-29-27-25-23-21-19-20-22-24-26-28-30-33-35-38-41-44-48-52-56-60-64-70(75)72-68(67-73)69(74)63-59-55-51-47-14-12-10-8-6-4-2/h16-17,21,23,68-69,73-74H,3-15,18-20,22,24-67H2,1-2H3,(H,72,75)/b17-16-,23-21-. The van der Waals surface area contributed by atoms with E-state index in [-0.39, 0.29) is 18.5 Å². The molecule has 6 nitrogen and oxygen atoms in total. The van der Waals surface area contributed by atoms with E-state index in [2.05, 4.69) is 43.5 Å². The summed E-state index contributed by atoms with van der Waals surface area (Å²) in [6.45, 7) is 4.96. The van der Waals surface area contributed by atoms with E-state index in [4.69, 9.17) is 4.74 Å². The van der Waals surface area contributed by atoms with Gasteiger partial charge in [-0.1, -0.05) is 327 Å². The van der Waals surface area contributed by atoms with Gasteiger partial charge in [0.2, 0.25) is 5.91 Å². The minimum absolute atomic E-state index is 0.0178. The minimum atomic E-state index is -0.660. The van der Waals surface area contributed by atoms with E-state index in [0.717, 1.165) is 38.5 Å². The summed E-state index contributed by atoms with van der Waals surface area (Å²) in [5.41, 5.74) is 0. The molecule has 0 aromatic heterocycles. The van der Waals surface area contributed by atoms with Crippen molar-refractivity contribution in [2.45, 2.75) is 405 Å². The largest absolute Gasteiger partial charge is 0.466 e. The fraction of sp³-hybridized carbons (Fsp3) is 0.915. The van der Waals surface area contributed by atoms with Crippen LogP contribution < -0.4 is 5.32 Å². The van der Waals surface area contributed by atoms with Gasteiger partial charge in [0.15, 0.2) is 0 Å². The van der Waals surface area contributed by atoms with Crippen LogP contribution in [-0.4, -0.2) is 47.4 Å². The quantitative estimate of drug-likeness (QED) is 0.0320. The van der Waals surface area contributed by atoms with E-state index in [1.54, 1.807) is 0 Å². The van der Waals surface area contributed by atoms with Crippen molar-refractivity contribution in [3.8, 4) is 0 Å². The Balaban J connectivity index is 3.32. The number of amides is 1. The van der Waals surface area contributed by atoms with Gasteiger partial charge in [-0.25, -0.2) is 0 Å². The number of nitrogens with one attached hydrogen (secondary N) is 1. The van der Waals surface area contributed by atoms with Crippen LogP contribution in [0.3, 0.4) is 0 Å². The summed E-state index contributed by atoms with van der Waals surface area (Å²) in [5, 5.41) is 23.2. The van der Waals surface area contributed by atoms with E-state index < -0.39 is 12.1 Å². The predicted octanol–water partition coefficient (Wildman–Crippen LogP) is 22.5. The molecule has 2 atom stereocenters. The lowest BCUT2D eigenvalue weighted by atomic mass is 10.0. The van der Waals surface area contributed by atoms with Crippen LogP contribution in [0.4, 0.5) is 0 Å². The van der Waals surface area contributed by atoms with Crippen LogP contribution in [0, 0.1) is 0 Å². The number of hydrogen-bond donors (Lipinski definition) is 3. The Labute approximate surface area is 481 Å². The van der Waals surface area contributed by atoms with E-state index >= 15 is 0 Å². The second kappa shape index (κ2) is 66.8. The first-order valence-electron chi connectivity index (χ1n) is 35.1. The monoisotopic (exact) mass is 1080 g/mol. The molecule has 0 saturated carbocycles. The summed E-state index contributed by atoms with van der Waals surface area (Å²) in [6, 6.07) is -0.538. The molecule has 0 aliphatic heterocycles. The van der Waals surface area contributed by atoms with Crippen LogP contribution >= 0.6 is 0 Å². The summed E-state index contributed by atoms with van der Waals surface area (Å²) >= 11 is 0. The third kappa shape index (κ3) is 63.4. The van der Waals surface area contributed by atoms with E-state index in [1.807, 2.05) is 0 Å². The van der Waals surface area contributed by atoms with Crippen LogP contribution in [0.2, 0.25) is 0 Å². The molecule has 3 N–H and O–H groups in total. The molecule has 0 saturated heterocycles. The first-order valence-corrected chi connectivity index (χ1v) is 35.1. The normalized spacial score (nSPS) is 12.6. The lowest BCUT2D eigenvalue weighted by molar-refractivity contribution is -0.143. The summed E-state index contributed by atoms with van der Waals surface area (Å²) in [4.78, 5) is 24.6. The number of carbonyl (C=O) groups is 2. The Kier molecular flexibility index (Phi) is 65.4. The van der Waals surface area contributed by atoms with Gasteiger partial charge in [0, 0.05) is 12.8 Å². The molecule has 0 heterocycles. The molecule has 0 fully saturated rings. The molecule has 0 aliphatic rings. The average molecular weight is 1080 g/mol. The summed E-state index contributed by atoms with van der Waals surface area (Å²) in [6.07, 6.45) is 83.8. The fourth-order valence-electron chi connectivity index (χ4n) is 11.1. The molecule has 456 valence electrons. The van der Waals surface area contributed by atoms with Crippen LogP contribution in [0.1, 0.15) is 393 Å². The number of aliphatic hydroxyl groups excluding tert-OH is 2. The molecule has 1 amide bonds. The van der Waals surface area contributed by atoms with Gasteiger partial charge in [0.05, 0.1) is 25.4 Å². The molecule has 6 heteroatoms. The zero-order valence-electron chi connectivity index (χ0n) is 52.2. The molecule has 0 aliphatic carbocycles. The molecule has 0 radical (unpaired) electrons. The van der Waals surface area contributed by atoms with Gasteiger partial charge >= 0.3 is 5.97 Å².